The zero-order valence-corrected chi connectivity index (χ0v) is 7.15. The van der Waals surface area contributed by atoms with Crippen molar-refractivity contribution < 1.29 is 0 Å². The highest BCUT2D eigenvalue weighted by molar-refractivity contribution is 5.22. The standard InChI is InChI=1S/C10H16.CH4/c1-9(2)8-4-6-10(9,3)7-5-8;/h4,6,8H,5,7H2,1-3H3;1H4. The van der Waals surface area contributed by atoms with Gasteiger partial charge in [-0.3, -0.25) is 0 Å². The summed E-state index contributed by atoms with van der Waals surface area (Å²) >= 11 is 0. The van der Waals surface area contributed by atoms with Gasteiger partial charge in [-0.25, -0.2) is 0 Å². The second kappa shape index (κ2) is 2.12. The zero-order chi connectivity index (χ0) is 7.41. The van der Waals surface area contributed by atoms with Crippen LogP contribution in [0.3, 0.4) is 0 Å². The first-order valence-corrected chi connectivity index (χ1v) is 4.26. The molecule has 1 saturated carbocycles. The predicted molar refractivity (Wildman–Crippen MR) is 50.5 cm³/mol. The average Bonchev–Trinajstić information content (AvgIpc) is 2.18. The van der Waals surface area contributed by atoms with E-state index in [0.29, 0.717) is 10.8 Å². The van der Waals surface area contributed by atoms with Gasteiger partial charge in [0.25, 0.3) is 0 Å². The topological polar surface area (TPSA) is 0 Å². The molecule has 0 saturated heterocycles. The van der Waals surface area contributed by atoms with Crippen molar-refractivity contribution in [2.24, 2.45) is 16.7 Å². The Kier molecular flexibility index (Phi) is 1.70. The third kappa shape index (κ3) is 0.816. The number of fused-ring (bicyclic) bond motifs is 2. The Morgan fingerprint density at radius 3 is 2.00 bits per heavy atom. The minimum atomic E-state index is 0. The van der Waals surface area contributed by atoms with Crippen molar-refractivity contribution in [1.29, 1.82) is 0 Å². The third-order valence-corrected chi connectivity index (χ3v) is 4.07. The molecule has 0 radical (unpaired) electrons. The van der Waals surface area contributed by atoms with E-state index < -0.39 is 0 Å². The molecule has 0 aliphatic heterocycles. The van der Waals surface area contributed by atoms with E-state index in [4.69, 9.17) is 0 Å². The first-order chi connectivity index (χ1) is 4.56. The Hall–Kier alpha value is -0.260. The highest BCUT2D eigenvalue weighted by atomic mass is 14.6. The van der Waals surface area contributed by atoms with Crippen LogP contribution < -0.4 is 0 Å². The molecule has 0 amide bonds. The molecule has 0 aromatic carbocycles. The summed E-state index contributed by atoms with van der Waals surface area (Å²) < 4.78 is 0. The Labute approximate surface area is 70.7 Å². The molecule has 0 N–H and O–H groups in total. The number of allylic oxidation sites excluding steroid dienone is 2. The van der Waals surface area contributed by atoms with Gasteiger partial charge in [0.2, 0.25) is 0 Å². The summed E-state index contributed by atoms with van der Waals surface area (Å²) in [5.41, 5.74) is 1.07. The SMILES string of the molecule is C.CC12C=CC(CC1)C2(C)C. The molecule has 0 heterocycles. The molecule has 2 atom stereocenters. The fourth-order valence-electron chi connectivity index (χ4n) is 2.53. The molecule has 2 unspecified atom stereocenters. The van der Waals surface area contributed by atoms with Gasteiger partial charge in [-0.15, -0.1) is 0 Å². The van der Waals surface area contributed by atoms with Crippen molar-refractivity contribution in [2.45, 2.75) is 41.0 Å². The maximum atomic E-state index is 2.43. The van der Waals surface area contributed by atoms with Crippen molar-refractivity contribution in [3.8, 4) is 0 Å². The van der Waals surface area contributed by atoms with Gasteiger partial charge >= 0.3 is 0 Å². The molecular weight excluding hydrogens is 132 g/mol. The summed E-state index contributed by atoms with van der Waals surface area (Å²) in [6.07, 6.45) is 7.67. The van der Waals surface area contributed by atoms with Gasteiger partial charge in [-0.2, -0.15) is 0 Å². The second-order valence-corrected chi connectivity index (χ2v) is 4.64. The minimum absolute atomic E-state index is 0. The summed E-state index contributed by atoms with van der Waals surface area (Å²) in [5.74, 6) is 0.873. The van der Waals surface area contributed by atoms with Gasteiger partial charge < -0.3 is 0 Å². The van der Waals surface area contributed by atoms with Gasteiger partial charge in [0.1, 0.15) is 0 Å². The summed E-state index contributed by atoms with van der Waals surface area (Å²) in [6.45, 7) is 7.21. The van der Waals surface area contributed by atoms with E-state index in [1.54, 1.807) is 0 Å². The van der Waals surface area contributed by atoms with Crippen LogP contribution in [-0.4, -0.2) is 0 Å². The van der Waals surface area contributed by atoms with Crippen molar-refractivity contribution in [3.63, 3.8) is 0 Å². The maximum absolute atomic E-state index is 2.43. The largest absolute Gasteiger partial charge is 0.0843 e. The van der Waals surface area contributed by atoms with Crippen LogP contribution in [0.2, 0.25) is 0 Å². The molecule has 2 rings (SSSR count). The molecule has 0 spiro atoms. The van der Waals surface area contributed by atoms with Gasteiger partial charge in [0.05, 0.1) is 0 Å². The lowest BCUT2D eigenvalue weighted by molar-refractivity contribution is 0.182. The molecule has 0 nitrogen and oxygen atoms in total. The van der Waals surface area contributed by atoms with Gasteiger partial charge in [-0.1, -0.05) is 40.3 Å². The van der Waals surface area contributed by atoms with Gasteiger partial charge in [-0.05, 0) is 29.6 Å². The molecule has 2 aliphatic rings. The van der Waals surface area contributed by atoms with E-state index in [1.165, 1.54) is 12.8 Å². The highest BCUT2D eigenvalue weighted by Gasteiger charge is 2.52. The quantitative estimate of drug-likeness (QED) is 0.465. The molecule has 11 heavy (non-hydrogen) atoms. The number of rotatable bonds is 0. The smallest absolute Gasteiger partial charge is 0.00895 e. The van der Waals surface area contributed by atoms with Gasteiger partial charge in [0.15, 0.2) is 0 Å². The lowest BCUT2D eigenvalue weighted by Crippen LogP contribution is -2.27. The molecular formula is C11H20. The first-order valence-electron chi connectivity index (χ1n) is 4.26. The molecule has 0 heteroatoms. The zero-order valence-electron chi connectivity index (χ0n) is 7.15. The number of hydrogen-bond acceptors (Lipinski definition) is 0. The predicted octanol–water partition coefficient (Wildman–Crippen LogP) is 3.63. The number of hydrogen-bond donors (Lipinski definition) is 0. The summed E-state index contributed by atoms with van der Waals surface area (Å²) in [7, 11) is 0. The van der Waals surface area contributed by atoms with E-state index in [9.17, 15) is 0 Å². The van der Waals surface area contributed by atoms with Crippen LogP contribution in [0.1, 0.15) is 41.0 Å². The Morgan fingerprint density at radius 1 is 1.27 bits per heavy atom. The van der Waals surface area contributed by atoms with Crippen LogP contribution in [-0.2, 0) is 0 Å². The fraction of sp³-hybridized carbons (Fsp3) is 0.818. The van der Waals surface area contributed by atoms with E-state index in [0.717, 1.165) is 5.92 Å². The summed E-state index contributed by atoms with van der Waals surface area (Å²) in [5, 5.41) is 0. The summed E-state index contributed by atoms with van der Waals surface area (Å²) in [6, 6.07) is 0. The first kappa shape index (κ1) is 8.83. The normalized spacial score (nSPS) is 44.1. The third-order valence-electron chi connectivity index (χ3n) is 4.07. The molecule has 64 valence electrons. The Balaban J connectivity index is 0.000000605. The molecule has 0 aromatic rings. The monoisotopic (exact) mass is 152 g/mol. The van der Waals surface area contributed by atoms with Crippen LogP contribution in [0.5, 0.6) is 0 Å². The van der Waals surface area contributed by atoms with Crippen molar-refractivity contribution in [3.05, 3.63) is 12.2 Å². The van der Waals surface area contributed by atoms with Crippen molar-refractivity contribution in [1.82, 2.24) is 0 Å². The van der Waals surface area contributed by atoms with Gasteiger partial charge in [0, 0.05) is 0 Å². The minimum Gasteiger partial charge on any atom is -0.0843 e. The molecule has 2 aliphatic carbocycles. The second-order valence-electron chi connectivity index (χ2n) is 4.64. The maximum Gasteiger partial charge on any atom is -0.00895 e. The van der Waals surface area contributed by atoms with Crippen molar-refractivity contribution >= 4 is 0 Å². The van der Waals surface area contributed by atoms with Crippen LogP contribution in [0, 0.1) is 16.7 Å². The van der Waals surface area contributed by atoms with E-state index in [2.05, 4.69) is 32.9 Å². The molecule has 2 bridgehead atoms. The molecule has 1 fully saturated rings. The van der Waals surface area contributed by atoms with Crippen LogP contribution in [0.25, 0.3) is 0 Å². The lowest BCUT2D eigenvalue weighted by atomic mass is 9.71. The lowest BCUT2D eigenvalue weighted by Gasteiger charge is -2.33. The Bertz CT molecular complexity index is 188. The highest BCUT2D eigenvalue weighted by Crippen LogP contribution is 2.61. The average molecular weight is 152 g/mol. The van der Waals surface area contributed by atoms with Crippen LogP contribution in [0.15, 0.2) is 12.2 Å². The van der Waals surface area contributed by atoms with Crippen LogP contribution in [0.4, 0.5) is 0 Å². The van der Waals surface area contributed by atoms with Crippen LogP contribution >= 0.6 is 0 Å². The van der Waals surface area contributed by atoms with E-state index in [1.807, 2.05) is 0 Å². The molecule has 0 aromatic heterocycles. The van der Waals surface area contributed by atoms with E-state index >= 15 is 0 Å². The summed E-state index contributed by atoms with van der Waals surface area (Å²) in [4.78, 5) is 0. The van der Waals surface area contributed by atoms with Crippen molar-refractivity contribution in [2.75, 3.05) is 0 Å². The van der Waals surface area contributed by atoms with E-state index in [-0.39, 0.29) is 7.43 Å². The Morgan fingerprint density at radius 2 is 1.91 bits per heavy atom. The fourth-order valence-corrected chi connectivity index (χ4v) is 2.53.